The maximum absolute atomic E-state index is 14.1. The maximum atomic E-state index is 14.1. The number of aromatic amines is 1. The van der Waals surface area contributed by atoms with Gasteiger partial charge in [-0.25, -0.2) is 13.8 Å². The first-order valence-corrected chi connectivity index (χ1v) is 10.7. The fourth-order valence-electron chi connectivity index (χ4n) is 3.52. The molecule has 0 atom stereocenters. The molecule has 8 nitrogen and oxygen atoms in total. The summed E-state index contributed by atoms with van der Waals surface area (Å²) >= 11 is 6.40. The number of benzene rings is 2. The van der Waals surface area contributed by atoms with E-state index in [-0.39, 0.29) is 11.8 Å². The number of hydrogen-bond donors (Lipinski definition) is 2. The lowest BCUT2D eigenvalue weighted by Crippen LogP contribution is -2.10. The molecule has 5 rings (SSSR count). The summed E-state index contributed by atoms with van der Waals surface area (Å²) in [5.74, 6) is -0.475. The van der Waals surface area contributed by atoms with E-state index in [2.05, 4.69) is 30.5 Å². The lowest BCUT2D eigenvalue weighted by molar-refractivity contribution is 0.410. The van der Waals surface area contributed by atoms with Crippen LogP contribution in [0.4, 0.5) is 14.6 Å². The molecule has 0 bridgehead atoms. The van der Waals surface area contributed by atoms with Crippen molar-refractivity contribution in [2.75, 3.05) is 11.9 Å². The van der Waals surface area contributed by atoms with Crippen LogP contribution in [0.1, 0.15) is 5.82 Å². The molecule has 11 heteroatoms. The molecule has 34 heavy (non-hydrogen) atoms. The van der Waals surface area contributed by atoms with E-state index in [1.54, 1.807) is 12.3 Å². The van der Waals surface area contributed by atoms with Gasteiger partial charge in [-0.05, 0) is 18.2 Å². The van der Waals surface area contributed by atoms with Crippen LogP contribution in [0, 0.1) is 11.6 Å². The Bertz CT molecular complexity index is 1480. The molecule has 0 saturated carbocycles. The lowest BCUT2D eigenvalue weighted by Gasteiger charge is -2.11. The number of H-pyrrole nitrogens is 1. The number of ether oxygens (including phenoxy) is 1. The minimum atomic E-state index is -0.866. The smallest absolute Gasteiger partial charge is 0.326 e. The molecule has 0 amide bonds. The van der Waals surface area contributed by atoms with Crippen molar-refractivity contribution in [2.45, 2.75) is 6.42 Å². The minimum absolute atomic E-state index is 0.133. The number of nitrogens with zero attached hydrogens (tertiary/aromatic N) is 5. The second-order valence-corrected chi connectivity index (χ2v) is 7.85. The van der Waals surface area contributed by atoms with Gasteiger partial charge in [0, 0.05) is 44.0 Å². The number of halogens is 3. The van der Waals surface area contributed by atoms with Crippen LogP contribution in [0.3, 0.4) is 0 Å². The highest BCUT2D eigenvalue weighted by molar-refractivity contribution is 6.33. The van der Waals surface area contributed by atoms with Gasteiger partial charge in [-0.3, -0.25) is 5.10 Å². The third kappa shape index (κ3) is 4.27. The molecule has 3 heterocycles. The molecule has 0 aliphatic carbocycles. The first kappa shape index (κ1) is 21.8. The van der Waals surface area contributed by atoms with E-state index in [1.165, 1.54) is 6.07 Å². The van der Waals surface area contributed by atoms with Gasteiger partial charge in [0.1, 0.15) is 23.2 Å². The Hall–Kier alpha value is -4.05. The van der Waals surface area contributed by atoms with Crippen LogP contribution in [0.2, 0.25) is 5.02 Å². The van der Waals surface area contributed by atoms with E-state index in [9.17, 15) is 8.78 Å². The van der Waals surface area contributed by atoms with E-state index >= 15 is 0 Å². The number of imidazole rings is 1. The average molecular weight is 482 g/mol. The highest BCUT2D eigenvalue weighted by Crippen LogP contribution is 2.35. The van der Waals surface area contributed by atoms with Gasteiger partial charge in [0.25, 0.3) is 0 Å². The quantitative estimate of drug-likeness (QED) is 0.334. The number of hydrogen-bond acceptors (Lipinski definition) is 6. The Morgan fingerprint density at radius 1 is 1.15 bits per heavy atom. The number of aryl methyl sites for hydroxylation is 1. The van der Waals surface area contributed by atoms with Crippen LogP contribution >= 0.6 is 11.6 Å². The second-order valence-electron chi connectivity index (χ2n) is 7.44. The van der Waals surface area contributed by atoms with Crippen molar-refractivity contribution in [1.29, 1.82) is 0 Å². The van der Waals surface area contributed by atoms with Crippen molar-refractivity contribution in [3.8, 4) is 23.0 Å². The molecule has 2 aromatic carbocycles. The molecule has 2 N–H and O–H groups in total. The number of aromatic nitrogens is 6. The highest BCUT2D eigenvalue weighted by atomic mass is 35.5. The van der Waals surface area contributed by atoms with Gasteiger partial charge in [0.15, 0.2) is 17.2 Å². The first-order valence-electron chi connectivity index (χ1n) is 10.3. The normalized spacial score (nSPS) is 11.2. The summed E-state index contributed by atoms with van der Waals surface area (Å²) in [7, 11) is 1.92. The van der Waals surface area contributed by atoms with Crippen LogP contribution in [-0.2, 0) is 13.5 Å². The molecule has 0 saturated heterocycles. The van der Waals surface area contributed by atoms with Gasteiger partial charge in [0.2, 0.25) is 0 Å². The van der Waals surface area contributed by atoms with Gasteiger partial charge in [-0.1, -0.05) is 29.8 Å². The largest absolute Gasteiger partial charge is 0.421 e. The summed E-state index contributed by atoms with van der Waals surface area (Å²) in [5.41, 5.74) is 1.62. The van der Waals surface area contributed by atoms with E-state index in [1.807, 2.05) is 36.0 Å². The Morgan fingerprint density at radius 2 is 2.00 bits per heavy atom. The van der Waals surface area contributed by atoms with Crippen molar-refractivity contribution in [3.05, 3.63) is 77.3 Å². The van der Waals surface area contributed by atoms with Crippen molar-refractivity contribution >= 4 is 28.5 Å². The van der Waals surface area contributed by atoms with Gasteiger partial charge >= 0.3 is 6.01 Å². The summed E-state index contributed by atoms with van der Waals surface area (Å²) in [6, 6.07) is 10.1. The Kier molecular flexibility index (Phi) is 5.81. The van der Waals surface area contributed by atoms with Gasteiger partial charge < -0.3 is 14.6 Å². The van der Waals surface area contributed by atoms with Crippen molar-refractivity contribution < 1.29 is 13.5 Å². The number of anilines is 1. The van der Waals surface area contributed by atoms with E-state index < -0.39 is 11.6 Å². The second kappa shape index (κ2) is 9.06. The SMILES string of the molecule is Cn1ccnc1CCNc1nc(Oc2ccc(F)cc2F)nc2[nH]nc(-c3ccccc3Cl)c12. The third-order valence-corrected chi connectivity index (χ3v) is 5.51. The summed E-state index contributed by atoms with van der Waals surface area (Å²) in [6.07, 6.45) is 4.22. The topological polar surface area (TPSA) is 93.5 Å². The van der Waals surface area contributed by atoms with Crippen LogP contribution in [-0.4, -0.2) is 36.3 Å². The number of nitrogens with one attached hydrogen (secondary N) is 2. The van der Waals surface area contributed by atoms with E-state index in [0.29, 0.717) is 46.1 Å². The van der Waals surface area contributed by atoms with Crippen LogP contribution in [0.15, 0.2) is 54.9 Å². The molecule has 3 aromatic heterocycles. The van der Waals surface area contributed by atoms with Crippen LogP contribution < -0.4 is 10.1 Å². The zero-order valence-corrected chi connectivity index (χ0v) is 18.6. The predicted molar refractivity (Wildman–Crippen MR) is 124 cm³/mol. The molecule has 0 aliphatic rings. The van der Waals surface area contributed by atoms with E-state index in [4.69, 9.17) is 16.3 Å². The zero-order chi connectivity index (χ0) is 23.7. The minimum Gasteiger partial charge on any atom is -0.421 e. The van der Waals surface area contributed by atoms with Gasteiger partial charge in [0.05, 0.1) is 10.4 Å². The monoisotopic (exact) mass is 481 g/mol. The third-order valence-electron chi connectivity index (χ3n) is 5.19. The lowest BCUT2D eigenvalue weighted by atomic mass is 10.1. The molecular weight excluding hydrogens is 464 g/mol. The van der Waals surface area contributed by atoms with Gasteiger partial charge in [-0.15, -0.1) is 0 Å². The molecule has 0 fully saturated rings. The zero-order valence-electron chi connectivity index (χ0n) is 17.9. The summed E-state index contributed by atoms with van der Waals surface area (Å²) in [4.78, 5) is 13.1. The number of fused-ring (bicyclic) bond motifs is 1. The first-order chi connectivity index (χ1) is 16.5. The van der Waals surface area contributed by atoms with Gasteiger partial charge in [-0.2, -0.15) is 15.1 Å². The maximum Gasteiger partial charge on any atom is 0.326 e. The molecule has 0 radical (unpaired) electrons. The Morgan fingerprint density at radius 3 is 2.76 bits per heavy atom. The molecule has 0 unspecified atom stereocenters. The fraction of sp³-hybridized carbons (Fsp3) is 0.130. The molecule has 172 valence electrons. The average Bonchev–Trinajstić information content (AvgIpc) is 3.42. The standard InChI is InChI=1S/C23H18ClF2N7O/c1-33-11-10-27-18(33)8-9-28-21-19-20(14-4-2-3-5-15(14)24)31-32-22(19)30-23(29-21)34-17-7-6-13(25)12-16(17)26/h2-7,10-12H,8-9H2,1H3,(H2,28,29,30,31,32). The molecular formula is C23H18ClF2N7O. The van der Waals surface area contributed by atoms with Crippen molar-refractivity contribution in [1.82, 2.24) is 29.7 Å². The Labute approximate surface area is 197 Å². The highest BCUT2D eigenvalue weighted by Gasteiger charge is 2.20. The summed E-state index contributed by atoms with van der Waals surface area (Å²) < 4.78 is 34.9. The molecule has 0 spiro atoms. The van der Waals surface area contributed by atoms with Crippen molar-refractivity contribution in [3.63, 3.8) is 0 Å². The number of rotatable bonds is 7. The fourth-order valence-corrected chi connectivity index (χ4v) is 3.74. The Balaban J connectivity index is 1.54. The van der Waals surface area contributed by atoms with Crippen LogP contribution in [0.5, 0.6) is 11.8 Å². The molecule has 0 aliphatic heterocycles. The predicted octanol–water partition coefficient (Wildman–Crippen LogP) is 5.13. The summed E-state index contributed by atoms with van der Waals surface area (Å²) in [6.45, 7) is 0.495. The van der Waals surface area contributed by atoms with Crippen molar-refractivity contribution in [2.24, 2.45) is 7.05 Å². The molecule has 5 aromatic rings. The van der Waals surface area contributed by atoms with E-state index in [0.717, 1.165) is 18.0 Å². The summed E-state index contributed by atoms with van der Waals surface area (Å²) in [5, 5.41) is 11.6. The van der Waals surface area contributed by atoms with Crippen LogP contribution in [0.25, 0.3) is 22.3 Å².